The van der Waals surface area contributed by atoms with E-state index in [1.165, 1.54) is 0 Å². The first kappa shape index (κ1) is 11.6. The van der Waals surface area contributed by atoms with Crippen LogP contribution in [-0.2, 0) is 4.79 Å². The number of carbonyl (C=O) groups is 1. The summed E-state index contributed by atoms with van der Waals surface area (Å²) in [4.78, 5) is 18.7. The topological polar surface area (TPSA) is 90.7 Å². The molecule has 0 aliphatic heterocycles. The van der Waals surface area contributed by atoms with Gasteiger partial charge < -0.3 is 10.1 Å². The summed E-state index contributed by atoms with van der Waals surface area (Å²) in [6, 6.07) is 3.67. The number of pyridine rings is 1. The predicted molar refractivity (Wildman–Crippen MR) is 69.1 cm³/mol. The molecule has 0 radical (unpaired) electrons. The van der Waals surface area contributed by atoms with Crippen LogP contribution in [0.3, 0.4) is 0 Å². The van der Waals surface area contributed by atoms with E-state index in [4.69, 9.17) is 0 Å². The number of azo groups is 1. The molecule has 96 valence electrons. The highest BCUT2D eigenvalue weighted by molar-refractivity contribution is 5.96. The molecule has 3 rings (SSSR count). The number of nitrogens with zero attached hydrogens (tertiary/aromatic N) is 3. The van der Waals surface area contributed by atoms with E-state index in [-0.39, 0.29) is 17.2 Å². The molecule has 1 aliphatic carbocycles. The van der Waals surface area contributed by atoms with Crippen LogP contribution in [0.5, 0.6) is 0 Å². The molecule has 2 N–H and O–H groups in total. The van der Waals surface area contributed by atoms with E-state index < -0.39 is 0 Å². The molecular formula is C13H12N4O2. The summed E-state index contributed by atoms with van der Waals surface area (Å²) in [5, 5.41) is 18.4. The van der Waals surface area contributed by atoms with Crippen LogP contribution in [0.25, 0.3) is 11.0 Å². The van der Waals surface area contributed by atoms with Crippen molar-refractivity contribution in [3.8, 4) is 0 Å². The van der Waals surface area contributed by atoms with Crippen molar-refractivity contribution >= 4 is 22.5 Å². The number of rotatable bonds is 2. The monoisotopic (exact) mass is 256 g/mol. The van der Waals surface area contributed by atoms with Crippen LogP contribution in [0.1, 0.15) is 19.3 Å². The molecule has 0 aromatic carbocycles. The van der Waals surface area contributed by atoms with Gasteiger partial charge in [-0.15, -0.1) is 10.2 Å². The number of carbonyl (C=O) groups excluding carboxylic acids is 1. The third-order valence-corrected chi connectivity index (χ3v) is 3.04. The quantitative estimate of drug-likeness (QED) is 0.808. The zero-order chi connectivity index (χ0) is 13.2. The summed E-state index contributed by atoms with van der Waals surface area (Å²) in [5.74, 6) is -0.136. The summed E-state index contributed by atoms with van der Waals surface area (Å²) in [5.41, 5.74) is 1.39. The highest BCUT2D eigenvalue weighted by Gasteiger charge is 2.20. The SMILES string of the molecule is O=C1CCCC(O)=C1N=Nc1c[nH]c2ncccc12. The first-order valence-corrected chi connectivity index (χ1v) is 6.05. The van der Waals surface area contributed by atoms with Crippen molar-refractivity contribution in [2.24, 2.45) is 10.2 Å². The Morgan fingerprint density at radius 3 is 3.05 bits per heavy atom. The molecule has 1 aliphatic rings. The van der Waals surface area contributed by atoms with Crippen molar-refractivity contribution in [1.29, 1.82) is 0 Å². The van der Waals surface area contributed by atoms with E-state index in [2.05, 4.69) is 20.2 Å². The summed E-state index contributed by atoms with van der Waals surface area (Å²) in [6.45, 7) is 0. The minimum atomic E-state index is -0.162. The van der Waals surface area contributed by atoms with Gasteiger partial charge in [-0.25, -0.2) is 4.98 Å². The summed E-state index contributed by atoms with van der Waals surface area (Å²) in [6.07, 6.45) is 4.91. The average molecular weight is 256 g/mol. The van der Waals surface area contributed by atoms with E-state index >= 15 is 0 Å². The number of fused-ring (bicyclic) bond motifs is 1. The molecule has 0 saturated carbocycles. The molecule has 0 fully saturated rings. The number of hydrogen-bond donors (Lipinski definition) is 2. The highest BCUT2D eigenvalue weighted by Crippen LogP contribution is 2.27. The minimum Gasteiger partial charge on any atom is -0.510 e. The first-order chi connectivity index (χ1) is 9.25. The molecule has 2 aromatic heterocycles. The van der Waals surface area contributed by atoms with Gasteiger partial charge in [0.2, 0.25) is 0 Å². The zero-order valence-electron chi connectivity index (χ0n) is 10.1. The van der Waals surface area contributed by atoms with E-state index in [9.17, 15) is 9.90 Å². The lowest BCUT2D eigenvalue weighted by atomic mass is 10.0. The molecule has 0 unspecified atom stereocenters. The van der Waals surface area contributed by atoms with Gasteiger partial charge in [0, 0.05) is 30.6 Å². The largest absolute Gasteiger partial charge is 0.510 e. The average Bonchev–Trinajstić information content (AvgIpc) is 2.82. The maximum Gasteiger partial charge on any atom is 0.186 e. The van der Waals surface area contributed by atoms with Crippen LogP contribution in [-0.4, -0.2) is 20.9 Å². The van der Waals surface area contributed by atoms with Crippen molar-refractivity contribution < 1.29 is 9.90 Å². The Bertz CT molecular complexity index is 699. The van der Waals surface area contributed by atoms with Gasteiger partial charge in [-0.3, -0.25) is 4.79 Å². The maximum absolute atomic E-state index is 11.6. The number of aromatic nitrogens is 2. The molecule has 19 heavy (non-hydrogen) atoms. The van der Waals surface area contributed by atoms with Gasteiger partial charge in [-0.2, -0.15) is 0 Å². The van der Waals surface area contributed by atoms with E-state index in [0.29, 0.717) is 30.6 Å². The van der Waals surface area contributed by atoms with Crippen molar-refractivity contribution in [2.75, 3.05) is 0 Å². The summed E-state index contributed by atoms with van der Waals surface area (Å²) < 4.78 is 0. The molecule has 6 nitrogen and oxygen atoms in total. The van der Waals surface area contributed by atoms with Crippen LogP contribution in [0, 0.1) is 0 Å². The van der Waals surface area contributed by atoms with Gasteiger partial charge in [-0.1, -0.05) is 0 Å². The van der Waals surface area contributed by atoms with Gasteiger partial charge in [0.1, 0.15) is 17.1 Å². The molecule has 6 heteroatoms. The summed E-state index contributed by atoms with van der Waals surface area (Å²) in [7, 11) is 0. The minimum absolute atomic E-state index is 0.0259. The number of aliphatic hydroxyl groups is 1. The van der Waals surface area contributed by atoms with Gasteiger partial charge in [0.25, 0.3) is 0 Å². The lowest BCUT2D eigenvalue weighted by molar-refractivity contribution is -0.116. The molecule has 0 spiro atoms. The van der Waals surface area contributed by atoms with Gasteiger partial charge in [0.05, 0.1) is 0 Å². The number of aromatic amines is 1. The second-order valence-electron chi connectivity index (χ2n) is 4.35. The standard InChI is InChI=1S/C13H12N4O2/c18-10-4-1-5-11(19)12(10)17-16-9-7-15-13-8(9)3-2-6-14-13/h2-3,6-7,18H,1,4-5H2,(H,14,15). The molecule has 0 amide bonds. The van der Waals surface area contributed by atoms with Crippen LogP contribution in [0.15, 0.2) is 46.2 Å². The Morgan fingerprint density at radius 1 is 1.32 bits per heavy atom. The number of allylic oxidation sites excluding steroid dienone is 2. The Kier molecular flexibility index (Phi) is 2.83. The van der Waals surface area contributed by atoms with Crippen LogP contribution in [0.2, 0.25) is 0 Å². The number of ketones is 1. The Hall–Kier alpha value is -2.50. The molecule has 2 aromatic rings. The van der Waals surface area contributed by atoms with E-state index in [1.807, 2.05) is 6.07 Å². The molecule has 0 bridgehead atoms. The third kappa shape index (κ3) is 2.12. The van der Waals surface area contributed by atoms with Crippen molar-refractivity contribution in [3.05, 3.63) is 36.0 Å². The molecular weight excluding hydrogens is 244 g/mol. The number of H-pyrrole nitrogens is 1. The summed E-state index contributed by atoms with van der Waals surface area (Å²) >= 11 is 0. The lowest BCUT2D eigenvalue weighted by Gasteiger charge is -2.09. The Labute approximate surface area is 108 Å². The third-order valence-electron chi connectivity index (χ3n) is 3.04. The fourth-order valence-electron chi connectivity index (χ4n) is 2.06. The van der Waals surface area contributed by atoms with Crippen LogP contribution >= 0.6 is 0 Å². The van der Waals surface area contributed by atoms with Crippen LogP contribution < -0.4 is 0 Å². The second-order valence-corrected chi connectivity index (χ2v) is 4.35. The van der Waals surface area contributed by atoms with Gasteiger partial charge in [-0.05, 0) is 18.6 Å². The molecule has 0 saturated heterocycles. The van der Waals surface area contributed by atoms with Crippen molar-refractivity contribution in [2.45, 2.75) is 19.3 Å². The lowest BCUT2D eigenvalue weighted by Crippen LogP contribution is -2.09. The Balaban J connectivity index is 1.96. The van der Waals surface area contributed by atoms with Gasteiger partial charge in [0.15, 0.2) is 11.5 Å². The normalized spacial score (nSPS) is 16.7. The zero-order valence-corrected chi connectivity index (χ0v) is 10.1. The Morgan fingerprint density at radius 2 is 2.21 bits per heavy atom. The fraction of sp³-hybridized carbons (Fsp3) is 0.231. The van der Waals surface area contributed by atoms with Crippen molar-refractivity contribution in [1.82, 2.24) is 9.97 Å². The smallest absolute Gasteiger partial charge is 0.186 e. The number of Topliss-reactive ketones (excluding diaryl/α,β-unsaturated/α-hetero) is 1. The first-order valence-electron chi connectivity index (χ1n) is 6.05. The highest BCUT2D eigenvalue weighted by atomic mass is 16.3. The number of nitrogens with one attached hydrogen (secondary N) is 1. The van der Waals surface area contributed by atoms with E-state index in [0.717, 1.165) is 5.39 Å². The second kappa shape index (κ2) is 4.64. The number of aliphatic hydroxyl groups excluding tert-OH is 1. The maximum atomic E-state index is 11.6. The predicted octanol–water partition coefficient (Wildman–Crippen LogP) is 3.17. The van der Waals surface area contributed by atoms with E-state index in [1.54, 1.807) is 18.5 Å². The molecule has 0 atom stereocenters. The number of hydrogen-bond acceptors (Lipinski definition) is 5. The van der Waals surface area contributed by atoms with Gasteiger partial charge >= 0.3 is 0 Å². The fourth-order valence-corrected chi connectivity index (χ4v) is 2.06. The molecule has 2 heterocycles. The van der Waals surface area contributed by atoms with Crippen molar-refractivity contribution in [3.63, 3.8) is 0 Å². The van der Waals surface area contributed by atoms with Crippen LogP contribution in [0.4, 0.5) is 5.69 Å².